The van der Waals surface area contributed by atoms with E-state index in [1.807, 2.05) is 38.1 Å². The van der Waals surface area contributed by atoms with Crippen LogP contribution in [0.2, 0.25) is 0 Å². The molecule has 0 saturated carbocycles. The van der Waals surface area contributed by atoms with E-state index in [2.05, 4.69) is 5.32 Å². The highest BCUT2D eigenvalue weighted by molar-refractivity contribution is 5.24. The summed E-state index contributed by atoms with van der Waals surface area (Å²) >= 11 is 0. The SMILES string of the molecule is Cc1cccc([C@@H](C)NCCC(F)(F)F)c1. The highest BCUT2D eigenvalue weighted by atomic mass is 19.4. The Hall–Kier alpha value is -1.03. The molecule has 1 nitrogen and oxygen atoms in total. The monoisotopic (exact) mass is 231 g/mol. The van der Waals surface area contributed by atoms with Crippen LogP contribution in [0.5, 0.6) is 0 Å². The molecule has 1 aromatic rings. The molecular weight excluding hydrogens is 215 g/mol. The molecule has 0 aliphatic rings. The molecule has 1 rings (SSSR count). The molecule has 16 heavy (non-hydrogen) atoms. The number of benzene rings is 1. The Morgan fingerprint density at radius 2 is 2.00 bits per heavy atom. The van der Waals surface area contributed by atoms with Crippen molar-refractivity contribution in [3.63, 3.8) is 0 Å². The van der Waals surface area contributed by atoms with Gasteiger partial charge >= 0.3 is 6.18 Å². The van der Waals surface area contributed by atoms with Gasteiger partial charge in [-0.3, -0.25) is 0 Å². The first-order valence-electron chi connectivity index (χ1n) is 5.25. The smallest absolute Gasteiger partial charge is 0.310 e. The summed E-state index contributed by atoms with van der Waals surface area (Å²) in [6.45, 7) is 3.79. The van der Waals surface area contributed by atoms with Crippen molar-refractivity contribution in [2.75, 3.05) is 6.54 Å². The zero-order valence-electron chi connectivity index (χ0n) is 9.43. The summed E-state index contributed by atoms with van der Waals surface area (Å²) in [4.78, 5) is 0. The van der Waals surface area contributed by atoms with Gasteiger partial charge in [-0.1, -0.05) is 29.8 Å². The summed E-state index contributed by atoms with van der Waals surface area (Å²) in [5, 5.41) is 2.86. The van der Waals surface area contributed by atoms with Crippen LogP contribution >= 0.6 is 0 Å². The zero-order valence-corrected chi connectivity index (χ0v) is 9.43. The largest absolute Gasteiger partial charge is 0.390 e. The van der Waals surface area contributed by atoms with Crippen LogP contribution in [0.15, 0.2) is 24.3 Å². The maximum absolute atomic E-state index is 11.9. The molecule has 0 heterocycles. The standard InChI is InChI=1S/C12H16F3N/c1-9-4-3-5-11(8-9)10(2)16-7-6-12(13,14)15/h3-5,8,10,16H,6-7H2,1-2H3/t10-/m1/s1. The number of hydrogen-bond acceptors (Lipinski definition) is 1. The highest BCUT2D eigenvalue weighted by Crippen LogP contribution is 2.19. The number of nitrogens with one attached hydrogen (secondary N) is 1. The van der Waals surface area contributed by atoms with Crippen molar-refractivity contribution in [2.24, 2.45) is 0 Å². The molecule has 0 spiro atoms. The van der Waals surface area contributed by atoms with Gasteiger partial charge in [0.2, 0.25) is 0 Å². The van der Waals surface area contributed by atoms with Gasteiger partial charge in [0, 0.05) is 12.6 Å². The topological polar surface area (TPSA) is 12.0 Å². The summed E-state index contributed by atoms with van der Waals surface area (Å²) in [7, 11) is 0. The molecule has 0 aliphatic carbocycles. The van der Waals surface area contributed by atoms with Crippen LogP contribution in [-0.2, 0) is 0 Å². The van der Waals surface area contributed by atoms with E-state index < -0.39 is 12.6 Å². The van der Waals surface area contributed by atoms with E-state index in [-0.39, 0.29) is 12.6 Å². The van der Waals surface area contributed by atoms with E-state index in [0.29, 0.717) is 0 Å². The lowest BCUT2D eigenvalue weighted by Gasteiger charge is -2.15. The van der Waals surface area contributed by atoms with Gasteiger partial charge in [0.25, 0.3) is 0 Å². The summed E-state index contributed by atoms with van der Waals surface area (Å²) < 4.78 is 35.8. The minimum Gasteiger partial charge on any atom is -0.310 e. The average Bonchev–Trinajstić information content (AvgIpc) is 2.15. The van der Waals surface area contributed by atoms with Crippen LogP contribution in [0.4, 0.5) is 13.2 Å². The molecule has 0 aliphatic heterocycles. The molecule has 1 atom stereocenters. The van der Waals surface area contributed by atoms with Gasteiger partial charge in [0.1, 0.15) is 0 Å². The maximum atomic E-state index is 11.9. The van der Waals surface area contributed by atoms with Crippen LogP contribution < -0.4 is 5.32 Å². The third kappa shape index (κ3) is 4.66. The minimum absolute atomic E-state index is 0.0430. The van der Waals surface area contributed by atoms with Crippen LogP contribution in [0.3, 0.4) is 0 Å². The number of halogens is 3. The third-order valence-electron chi connectivity index (χ3n) is 2.40. The van der Waals surface area contributed by atoms with Crippen molar-refractivity contribution in [3.05, 3.63) is 35.4 Å². The normalized spacial score (nSPS) is 13.8. The molecular formula is C12H16F3N. The highest BCUT2D eigenvalue weighted by Gasteiger charge is 2.26. The van der Waals surface area contributed by atoms with Gasteiger partial charge in [-0.25, -0.2) is 0 Å². The molecule has 0 unspecified atom stereocenters. The summed E-state index contributed by atoms with van der Waals surface area (Å²) in [5.74, 6) is 0. The predicted molar refractivity (Wildman–Crippen MR) is 58.3 cm³/mol. The number of aryl methyl sites for hydroxylation is 1. The minimum atomic E-state index is -4.08. The fourth-order valence-corrected chi connectivity index (χ4v) is 1.49. The molecule has 1 aromatic carbocycles. The fourth-order valence-electron chi connectivity index (χ4n) is 1.49. The van der Waals surface area contributed by atoms with Crippen molar-refractivity contribution < 1.29 is 13.2 Å². The lowest BCUT2D eigenvalue weighted by Crippen LogP contribution is -2.24. The first-order valence-corrected chi connectivity index (χ1v) is 5.25. The summed E-state index contributed by atoms with van der Waals surface area (Å²) in [6, 6.07) is 7.71. The lowest BCUT2D eigenvalue weighted by atomic mass is 10.1. The van der Waals surface area contributed by atoms with Crippen molar-refractivity contribution >= 4 is 0 Å². The Morgan fingerprint density at radius 1 is 1.31 bits per heavy atom. The van der Waals surface area contributed by atoms with Gasteiger partial charge < -0.3 is 5.32 Å². The lowest BCUT2D eigenvalue weighted by molar-refractivity contribution is -0.133. The van der Waals surface area contributed by atoms with Crippen LogP contribution in [0, 0.1) is 6.92 Å². The second kappa shape index (κ2) is 5.34. The van der Waals surface area contributed by atoms with Gasteiger partial charge in [0.15, 0.2) is 0 Å². The van der Waals surface area contributed by atoms with E-state index in [9.17, 15) is 13.2 Å². The first-order chi connectivity index (χ1) is 7.38. The molecule has 1 N–H and O–H groups in total. The summed E-state index contributed by atoms with van der Waals surface area (Å²) in [6.07, 6.45) is -4.87. The van der Waals surface area contributed by atoms with Gasteiger partial charge in [-0.05, 0) is 19.4 Å². The Labute approximate surface area is 93.7 Å². The van der Waals surface area contributed by atoms with Crippen molar-refractivity contribution in [3.8, 4) is 0 Å². The third-order valence-corrected chi connectivity index (χ3v) is 2.40. The van der Waals surface area contributed by atoms with Crippen molar-refractivity contribution in [1.29, 1.82) is 0 Å². The van der Waals surface area contributed by atoms with E-state index >= 15 is 0 Å². The fraction of sp³-hybridized carbons (Fsp3) is 0.500. The average molecular weight is 231 g/mol. The summed E-state index contributed by atoms with van der Waals surface area (Å²) in [5.41, 5.74) is 2.13. The molecule has 0 fully saturated rings. The first kappa shape index (κ1) is 13.0. The van der Waals surface area contributed by atoms with Gasteiger partial charge in [-0.2, -0.15) is 13.2 Å². The van der Waals surface area contributed by atoms with E-state index in [0.717, 1.165) is 11.1 Å². The van der Waals surface area contributed by atoms with E-state index in [1.165, 1.54) is 0 Å². The van der Waals surface area contributed by atoms with Crippen molar-refractivity contribution in [1.82, 2.24) is 5.32 Å². The molecule has 90 valence electrons. The second-order valence-electron chi connectivity index (χ2n) is 3.96. The Balaban J connectivity index is 2.44. The quantitative estimate of drug-likeness (QED) is 0.834. The van der Waals surface area contributed by atoms with E-state index in [1.54, 1.807) is 0 Å². The van der Waals surface area contributed by atoms with Crippen LogP contribution in [0.1, 0.15) is 30.5 Å². The second-order valence-corrected chi connectivity index (χ2v) is 3.96. The Kier molecular flexibility index (Phi) is 4.35. The van der Waals surface area contributed by atoms with E-state index in [4.69, 9.17) is 0 Å². The predicted octanol–water partition coefficient (Wildman–Crippen LogP) is 3.60. The zero-order chi connectivity index (χ0) is 12.2. The number of alkyl halides is 3. The van der Waals surface area contributed by atoms with Crippen molar-refractivity contribution in [2.45, 2.75) is 32.5 Å². The Bertz CT molecular complexity index is 333. The number of rotatable bonds is 4. The molecule has 0 amide bonds. The van der Waals surface area contributed by atoms with Crippen LogP contribution in [0.25, 0.3) is 0 Å². The molecule has 0 radical (unpaired) electrons. The van der Waals surface area contributed by atoms with Gasteiger partial charge in [-0.15, -0.1) is 0 Å². The molecule has 4 heteroatoms. The molecule has 0 saturated heterocycles. The Morgan fingerprint density at radius 3 is 2.56 bits per heavy atom. The molecule has 0 aromatic heterocycles. The van der Waals surface area contributed by atoms with Gasteiger partial charge in [0.05, 0.1) is 6.42 Å². The maximum Gasteiger partial charge on any atom is 0.390 e. The van der Waals surface area contributed by atoms with Crippen LogP contribution in [-0.4, -0.2) is 12.7 Å². The molecule has 0 bridgehead atoms. The number of hydrogen-bond donors (Lipinski definition) is 1.